The molecule has 2 nitrogen and oxygen atoms in total. The van der Waals surface area contributed by atoms with Gasteiger partial charge >= 0.3 is 0 Å². The van der Waals surface area contributed by atoms with Gasteiger partial charge in [-0.1, -0.05) is 37.0 Å². The van der Waals surface area contributed by atoms with Gasteiger partial charge in [-0.05, 0) is 50.3 Å². The summed E-state index contributed by atoms with van der Waals surface area (Å²) < 4.78 is 0. The lowest BCUT2D eigenvalue weighted by atomic mass is 9.70. The molecule has 0 atom stereocenters. The van der Waals surface area contributed by atoms with Crippen molar-refractivity contribution in [2.24, 2.45) is 11.1 Å². The average Bonchev–Trinajstić information content (AvgIpc) is 2.42. The third-order valence-corrected chi connectivity index (χ3v) is 4.58. The minimum absolute atomic E-state index is 0.0610. The molecule has 0 aliphatic heterocycles. The highest BCUT2D eigenvalue weighted by Gasteiger charge is 2.33. The molecule has 0 unspecified atom stereocenters. The maximum Gasteiger partial charge on any atom is 0.163 e. The van der Waals surface area contributed by atoms with Gasteiger partial charge in [-0.2, -0.15) is 0 Å². The summed E-state index contributed by atoms with van der Waals surface area (Å²) in [6.45, 7) is 4.70. The Labute approximate surface area is 116 Å². The van der Waals surface area contributed by atoms with E-state index in [1.165, 1.54) is 19.3 Å². The number of hydrogen-bond acceptors (Lipinski definition) is 2. The fourth-order valence-electron chi connectivity index (χ4n) is 3.23. The Balaban J connectivity index is 2.17. The molecule has 2 N–H and O–H groups in total. The molecule has 1 aromatic rings. The van der Waals surface area contributed by atoms with Crippen molar-refractivity contribution in [3.8, 4) is 0 Å². The first kappa shape index (κ1) is 14.3. The molecule has 1 aliphatic rings. The highest BCUT2D eigenvalue weighted by Crippen LogP contribution is 2.39. The molecule has 1 saturated carbocycles. The number of ketones is 1. The van der Waals surface area contributed by atoms with Gasteiger partial charge in [-0.3, -0.25) is 4.79 Å². The number of benzene rings is 1. The van der Waals surface area contributed by atoms with Crippen LogP contribution in [0.4, 0.5) is 0 Å². The van der Waals surface area contributed by atoms with Gasteiger partial charge in [0.05, 0.1) is 0 Å². The second-order valence-electron chi connectivity index (χ2n) is 6.18. The lowest BCUT2D eigenvalue weighted by molar-refractivity contribution is 0.0867. The third kappa shape index (κ3) is 3.24. The van der Waals surface area contributed by atoms with Crippen molar-refractivity contribution in [1.82, 2.24) is 0 Å². The summed E-state index contributed by atoms with van der Waals surface area (Å²) in [5.74, 6) is 0.272. The fraction of sp³-hybridized carbons (Fsp3) is 0.588. The van der Waals surface area contributed by atoms with Gasteiger partial charge < -0.3 is 5.73 Å². The van der Waals surface area contributed by atoms with E-state index in [1.54, 1.807) is 0 Å². The van der Waals surface area contributed by atoms with Crippen molar-refractivity contribution in [3.05, 3.63) is 34.9 Å². The molecule has 0 heterocycles. The molecule has 0 saturated heterocycles. The zero-order valence-electron chi connectivity index (χ0n) is 12.2. The van der Waals surface area contributed by atoms with Crippen LogP contribution in [-0.4, -0.2) is 12.3 Å². The predicted octanol–water partition coefficient (Wildman–Crippen LogP) is 3.79. The van der Waals surface area contributed by atoms with Crippen LogP contribution in [0, 0.1) is 19.3 Å². The van der Waals surface area contributed by atoms with E-state index in [0.717, 1.165) is 29.5 Å². The van der Waals surface area contributed by atoms with Gasteiger partial charge in [-0.15, -0.1) is 0 Å². The van der Waals surface area contributed by atoms with Crippen LogP contribution in [0.2, 0.25) is 0 Å². The lowest BCUT2D eigenvalue weighted by Crippen LogP contribution is -2.35. The highest BCUT2D eigenvalue weighted by molar-refractivity contribution is 5.98. The maximum absolute atomic E-state index is 12.6. The molecule has 1 aromatic carbocycles. The molecule has 0 aromatic heterocycles. The van der Waals surface area contributed by atoms with Crippen LogP contribution < -0.4 is 5.73 Å². The first-order valence-electron chi connectivity index (χ1n) is 7.37. The average molecular weight is 259 g/mol. The zero-order valence-corrected chi connectivity index (χ0v) is 12.2. The molecule has 19 heavy (non-hydrogen) atoms. The smallest absolute Gasteiger partial charge is 0.163 e. The SMILES string of the molecule is Cc1ccc(C)c(C(=O)CC2(CN)CCCCC2)c1. The van der Waals surface area contributed by atoms with Gasteiger partial charge in [0.15, 0.2) is 5.78 Å². The molecule has 0 radical (unpaired) electrons. The first-order valence-corrected chi connectivity index (χ1v) is 7.37. The van der Waals surface area contributed by atoms with Crippen LogP contribution in [-0.2, 0) is 0 Å². The minimum atomic E-state index is 0.0610. The Morgan fingerprint density at radius 2 is 1.89 bits per heavy atom. The molecule has 0 spiro atoms. The standard InChI is InChI=1S/C17H25NO/c1-13-6-7-14(2)15(10-13)16(19)11-17(12-18)8-4-3-5-9-17/h6-7,10H,3-5,8-9,11-12,18H2,1-2H3. The quantitative estimate of drug-likeness (QED) is 0.836. The van der Waals surface area contributed by atoms with Crippen molar-refractivity contribution < 1.29 is 4.79 Å². The monoisotopic (exact) mass is 259 g/mol. The number of rotatable bonds is 4. The first-order chi connectivity index (χ1) is 9.06. The molecule has 2 heteroatoms. The fourth-order valence-corrected chi connectivity index (χ4v) is 3.23. The maximum atomic E-state index is 12.6. The molecule has 1 fully saturated rings. The number of carbonyl (C=O) groups is 1. The molecule has 0 bridgehead atoms. The molecule has 1 aliphatic carbocycles. The summed E-state index contributed by atoms with van der Waals surface area (Å²) >= 11 is 0. The Hall–Kier alpha value is -1.15. The van der Waals surface area contributed by atoms with Crippen molar-refractivity contribution in [2.75, 3.05) is 6.54 Å². The van der Waals surface area contributed by atoms with Gasteiger partial charge in [0.2, 0.25) is 0 Å². The largest absolute Gasteiger partial charge is 0.330 e. The minimum Gasteiger partial charge on any atom is -0.330 e. The Kier molecular flexibility index (Phi) is 4.41. The van der Waals surface area contributed by atoms with E-state index >= 15 is 0 Å². The van der Waals surface area contributed by atoms with E-state index in [-0.39, 0.29) is 11.2 Å². The molecular weight excluding hydrogens is 234 g/mol. The number of nitrogens with two attached hydrogens (primary N) is 1. The van der Waals surface area contributed by atoms with E-state index < -0.39 is 0 Å². The topological polar surface area (TPSA) is 43.1 Å². The number of Topliss-reactive ketones (excluding diaryl/α,β-unsaturated/α-hetero) is 1. The molecular formula is C17H25NO. The lowest BCUT2D eigenvalue weighted by Gasteiger charge is -2.35. The summed E-state index contributed by atoms with van der Waals surface area (Å²) in [6.07, 6.45) is 6.57. The van der Waals surface area contributed by atoms with E-state index in [2.05, 4.69) is 6.07 Å². The van der Waals surface area contributed by atoms with Gasteiger partial charge in [0, 0.05) is 12.0 Å². The predicted molar refractivity (Wildman–Crippen MR) is 79.4 cm³/mol. The summed E-state index contributed by atoms with van der Waals surface area (Å²) in [5.41, 5.74) is 9.16. The van der Waals surface area contributed by atoms with E-state index in [4.69, 9.17) is 5.73 Å². The summed E-state index contributed by atoms with van der Waals surface area (Å²) in [5, 5.41) is 0. The molecule has 104 valence electrons. The third-order valence-electron chi connectivity index (χ3n) is 4.58. The number of aryl methyl sites for hydroxylation is 2. The Morgan fingerprint density at radius 3 is 2.53 bits per heavy atom. The van der Waals surface area contributed by atoms with Crippen molar-refractivity contribution >= 4 is 5.78 Å². The number of hydrogen-bond donors (Lipinski definition) is 1. The zero-order chi connectivity index (χ0) is 13.9. The van der Waals surface area contributed by atoms with Crippen LogP contribution in [0.15, 0.2) is 18.2 Å². The van der Waals surface area contributed by atoms with Crippen LogP contribution in [0.5, 0.6) is 0 Å². The summed E-state index contributed by atoms with van der Waals surface area (Å²) in [7, 11) is 0. The van der Waals surface area contributed by atoms with E-state index in [9.17, 15) is 4.79 Å². The van der Waals surface area contributed by atoms with E-state index in [0.29, 0.717) is 13.0 Å². The van der Waals surface area contributed by atoms with Gasteiger partial charge in [0.1, 0.15) is 0 Å². The second-order valence-corrected chi connectivity index (χ2v) is 6.18. The van der Waals surface area contributed by atoms with Crippen molar-refractivity contribution in [1.29, 1.82) is 0 Å². The highest BCUT2D eigenvalue weighted by atomic mass is 16.1. The second kappa shape index (κ2) is 5.87. The Bertz CT molecular complexity index is 458. The molecule has 0 amide bonds. The van der Waals surface area contributed by atoms with Crippen LogP contribution in [0.3, 0.4) is 0 Å². The van der Waals surface area contributed by atoms with Crippen molar-refractivity contribution in [2.45, 2.75) is 52.4 Å². The summed E-state index contributed by atoms with van der Waals surface area (Å²) in [4.78, 5) is 12.6. The van der Waals surface area contributed by atoms with E-state index in [1.807, 2.05) is 26.0 Å². The summed E-state index contributed by atoms with van der Waals surface area (Å²) in [6, 6.07) is 6.12. The van der Waals surface area contributed by atoms with Crippen molar-refractivity contribution in [3.63, 3.8) is 0 Å². The normalized spacial score (nSPS) is 18.3. The number of carbonyl (C=O) groups excluding carboxylic acids is 1. The van der Waals surface area contributed by atoms with Gasteiger partial charge in [-0.25, -0.2) is 0 Å². The van der Waals surface area contributed by atoms with Gasteiger partial charge in [0.25, 0.3) is 0 Å². The van der Waals surface area contributed by atoms with Crippen LogP contribution >= 0.6 is 0 Å². The van der Waals surface area contributed by atoms with Crippen LogP contribution in [0.1, 0.15) is 60.0 Å². The Morgan fingerprint density at radius 1 is 1.21 bits per heavy atom. The molecule has 2 rings (SSSR count). The van der Waals surface area contributed by atoms with Crippen LogP contribution in [0.25, 0.3) is 0 Å².